The number of rotatable bonds is 9. The van der Waals surface area contributed by atoms with Gasteiger partial charge in [0.05, 0.1) is 32.2 Å². The second-order valence-corrected chi connectivity index (χ2v) is 7.77. The summed E-state index contributed by atoms with van der Waals surface area (Å²) in [7, 11) is 3.14. The van der Waals surface area contributed by atoms with Crippen molar-refractivity contribution < 1.29 is 14.3 Å². The number of carbonyl (C=O) groups is 1. The highest BCUT2D eigenvalue weighted by molar-refractivity contribution is 5.75. The maximum Gasteiger partial charge on any atom is 0.267 e. The van der Waals surface area contributed by atoms with Gasteiger partial charge in [-0.1, -0.05) is 12.1 Å². The lowest BCUT2D eigenvalue weighted by Crippen LogP contribution is -2.36. The molecular formula is C26H25N5O5. The highest BCUT2D eigenvalue weighted by atomic mass is 16.5. The Morgan fingerprint density at radius 1 is 0.806 bits per heavy atom. The van der Waals surface area contributed by atoms with Gasteiger partial charge >= 0.3 is 0 Å². The third-order valence-electron chi connectivity index (χ3n) is 5.44. The lowest BCUT2D eigenvalue weighted by atomic mass is 10.1. The molecule has 0 unspecified atom stereocenters. The van der Waals surface area contributed by atoms with Crippen molar-refractivity contribution in [2.24, 2.45) is 0 Å². The van der Waals surface area contributed by atoms with E-state index in [9.17, 15) is 14.4 Å². The lowest BCUT2D eigenvalue weighted by molar-refractivity contribution is -0.121. The molecule has 0 atom stereocenters. The quantitative estimate of drug-likeness (QED) is 0.384. The summed E-state index contributed by atoms with van der Waals surface area (Å²) in [5, 5.41) is 11.4. The maximum absolute atomic E-state index is 12.5. The van der Waals surface area contributed by atoms with E-state index in [0.717, 1.165) is 16.0 Å². The summed E-state index contributed by atoms with van der Waals surface area (Å²) in [5.74, 6) is 0.910. The summed E-state index contributed by atoms with van der Waals surface area (Å²) in [6.45, 7) is 0.0486. The van der Waals surface area contributed by atoms with Crippen LogP contribution in [0.5, 0.6) is 11.5 Å². The second kappa shape index (κ2) is 11.1. The number of carbonyl (C=O) groups excluding carboxylic acids is 1. The van der Waals surface area contributed by atoms with E-state index in [-0.39, 0.29) is 25.2 Å². The highest BCUT2D eigenvalue weighted by Crippen LogP contribution is 2.27. The minimum Gasteiger partial charge on any atom is -0.497 e. The SMILES string of the molecule is COc1ccc(-c2ccc(=O)n(CCNC(=O)Cn3nc(-c4ccccc4OC)ccc3=O)n2)cc1. The number of para-hydroxylation sites is 1. The van der Waals surface area contributed by atoms with Gasteiger partial charge in [-0.2, -0.15) is 10.2 Å². The molecule has 1 N–H and O–H groups in total. The number of hydrogen-bond donors (Lipinski definition) is 1. The summed E-state index contributed by atoms with van der Waals surface area (Å²) in [6.07, 6.45) is 0. The number of nitrogens with zero attached hydrogens (tertiary/aromatic N) is 4. The van der Waals surface area contributed by atoms with E-state index in [1.807, 2.05) is 42.5 Å². The van der Waals surface area contributed by atoms with Crippen LogP contribution in [-0.4, -0.2) is 46.2 Å². The van der Waals surface area contributed by atoms with Crippen molar-refractivity contribution in [2.45, 2.75) is 13.1 Å². The third kappa shape index (κ3) is 5.66. The molecule has 0 radical (unpaired) electrons. The summed E-state index contributed by atoms with van der Waals surface area (Å²) in [6, 6.07) is 20.6. The van der Waals surface area contributed by atoms with Crippen molar-refractivity contribution >= 4 is 5.91 Å². The van der Waals surface area contributed by atoms with Crippen molar-refractivity contribution in [2.75, 3.05) is 20.8 Å². The minimum atomic E-state index is -0.416. The Bertz CT molecular complexity index is 1480. The first-order chi connectivity index (χ1) is 17.5. The van der Waals surface area contributed by atoms with Crippen LogP contribution in [0.3, 0.4) is 0 Å². The van der Waals surface area contributed by atoms with Crippen molar-refractivity contribution in [3.8, 4) is 34.0 Å². The average Bonchev–Trinajstić information content (AvgIpc) is 2.91. The number of hydrogen-bond acceptors (Lipinski definition) is 7. The molecule has 2 heterocycles. The number of aromatic nitrogens is 4. The molecule has 0 saturated heterocycles. The Kier molecular flexibility index (Phi) is 7.54. The van der Waals surface area contributed by atoms with Gasteiger partial charge in [-0.15, -0.1) is 0 Å². The van der Waals surface area contributed by atoms with Gasteiger partial charge in [0, 0.05) is 29.8 Å². The molecule has 36 heavy (non-hydrogen) atoms. The van der Waals surface area contributed by atoms with Gasteiger partial charge in [-0.05, 0) is 48.5 Å². The van der Waals surface area contributed by atoms with Gasteiger partial charge in [-0.3, -0.25) is 14.4 Å². The fourth-order valence-electron chi connectivity index (χ4n) is 3.58. The van der Waals surface area contributed by atoms with Crippen LogP contribution < -0.4 is 25.9 Å². The molecule has 184 valence electrons. The van der Waals surface area contributed by atoms with Crippen LogP contribution in [0.4, 0.5) is 0 Å². The molecule has 10 nitrogen and oxygen atoms in total. The molecule has 0 bridgehead atoms. The minimum absolute atomic E-state index is 0.152. The van der Waals surface area contributed by atoms with Crippen molar-refractivity contribution in [1.29, 1.82) is 0 Å². The Labute approximate surface area is 206 Å². The normalized spacial score (nSPS) is 10.6. The fourth-order valence-corrected chi connectivity index (χ4v) is 3.58. The van der Waals surface area contributed by atoms with Gasteiger partial charge in [0.1, 0.15) is 18.0 Å². The molecule has 0 saturated carbocycles. The number of benzene rings is 2. The van der Waals surface area contributed by atoms with Crippen LogP contribution in [0.2, 0.25) is 0 Å². The predicted molar refractivity (Wildman–Crippen MR) is 134 cm³/mol. The first kappa shape index (κ1) is 24.4. The van der Waals surface area contributed by atoms with Crippen LogP contribution in [-0.2, 0) is 17.9 Å². The number of nitrogens with one attached hydrogen (secondary N) is 1. The second-order valence-electron chi connectivity index (χ2n) is 7.77. The van der Waals surface area contributed by atoms with E-state index in [4.69, 9.17) is 9.47 Å². The van der Waals surface area contributed by atoms with Gasteiger partial charge in [0.25, 0.3) is 11.1 Å². The molecule has 10 heteroatoms. The first-order valence-corrected chi connectivity index (χ1v) is 11.2. The van der Waals surface area contributed by atoms with Crippen molar-refractivity contribution in [3.63, 3.8) is 0 Å². The standard InChI is InChI=1S/C26H25N5O5/c1-35-19-9-7-18(8-10-19)21-11-13-25(33)30(28-21)16-15-27-24(32)17-31-26(34)14-12-22(29-31)20-5-3-4-6-23(20)36-2/h3-14H,15-17H2,1-2H3,(H,27,32). The van der Waals surface area contributed by atoms with Gasteiger partial charge in [0.15, 0.2) is 0 Å². The maximum atomic E-state index is 12.5. The molecule has 4 rings (SSSR count). The Morgan fingerprint density at radius 2 is 1.47 bits per heavy atom. The molecule has 1 amide bonds. The van der Waals surface area contributed by atoms with Crippen LogP contribution in [0.15, 0.2) is 82.4 Å². The largest absolute Gasteiger partial charge is 0.497 e. The predicted octanol–water partition coefficient (Wildman–Crippen LogP) is 1.97. The van der Waals surface area contributed by atoms with E-state index in [1.165, 1.54) is 16.8 Å². The van der Waals surface area contributed by atoms with E-state index < -0.39 is 11.5 Å². The molecule has 0 aliphatic heterocycles. The number of ether oxygens (including phenoxy) is 2. The van der Waals surface area contributed by atoms with Crippen molar-refractivity contribution in [3.05, 3.63) is 93.5 Å². The zero-order valence-corrected chi connectivity index (χ0v) is 19.9. The smallest absolute Gasteiger partial charge is 0.267 e. The van der Waals surface area contributed by atoms with Crippen molar-refractivity contribution in [1.82, 2.24) is 24.9 Å². The molecular weight excluding hydrogens is 462 g/mol. The van der Waals surface area contributed by atoms with E-state index in [0.29, 0.717) is 22.7 Å². The zero-order chi connectivity index (χ0) is 25.5. The van der Waals surface area contributed by atoms with Crippen LogP contribution >= 0.6 is 0 Å². The first-order valence-electron chi connectivity index (χ1n) is 11.2. The molecule has 0 spiro atoms. The van der Waals surface area contributed by atoms with Gasteiger partial charge in [-0.25, -0.2) is 9.36 Å². The fraction of sp³-hybridized carbons (Fsp3) is 0.192. The zero-order valence-electron chi connectivity index (χ0n) is 19.9. The number of amides is 1. The highest BCUT2D eigenvalue weighted by Gasteiger charge is 2.11. The topological polar surface area (TPSA) is 117 Å². The average molecular weight is 488 g/mol. The molecule has 2 aromatic carbocycles. The monoisotopic (exact) mass is 487 g/mol. The summed E-state index contributed by atoms with van der Waals surface area (Å²) in [4.78, 5) is 37.0. The molecule has 0 aliphatic carbocycles. The van der Waals surface area contributed by atoms with Crippen LogP contribution in [0.1, 0.15) is 0 Å². The Hall–Kier alpha value is -4.73. The van der Waals surface area contributed by atoms with E-state index in [2.05, 4.69) is 15.5 Å². The molecule has 0 fully saturated rings. The Morgan fingerprint density at radius 3 is 2.19 bits per heavy atom. The molecule has 2 aromatic heterocycles. The summed E-state index contributed by atoms with van der Waals surface area (Å²) < 4.78 is 12.9. The van der Waals surface area contributed by atoms with E-state index >= 15 is 0 Å². The number of methoxy groups -OCH3 is 2. The van der Waals surface area contributed by atoms with E-state index in [1.54, 1.807) is 32.4 Å². The van der Waals surface area contributed by atoms with Gasteiger partial charge < -0.3 is 14.8 Å². The van der Waals surface area contributed by atoms with Crippen LogP contribution in [0.25, 0.3) is 22.5 Å². The lowest BCUT2D eigenvalue weighted by Gasteiger charge is -2.11. The Balaban J connectivity index is 1.41. The summed E-state index contributed by atoms with van der Waals surface area (Å²) in [5.41, 5.74) is 1.96. The van der Waals surface area contributed by atoms with Gasteiger partial charge in [0.2, 0.25) is 5.91 Å². The molecule has 4 aromatic rings. The third-order valence-corrected chi connectivity index (χ3v) is 5.44. The van der Waals surface area contributed by atoms with Crippen LogP contribution in [0, 0.1) is 0 Å². The molecule has 0 aliphatic rings. The summed E-state index contributed by atoms with van der Waals surface area (Å²) >= 11 is 0.